The summed E-state index contributed by atoms with van der Waals surface area (Å²) in [6.45, 7) is 3.33. The van der Waals surface area contributed by atoms with Gasteiger partial charge >= 0.3 is 0 Å². The van der Waals surface area contributed by atoms with Crippen LogP contribution in [-0.2, 0) is 6.42 Å². The zero-order valence-corrected chi connectivity index (χ0v) is 12.3. The Bertz CT molecular complexity index is 391. The van der Waals surface area contributed by atoms with Crippen molar-refractivity contribution in [2.75, 3.05) is 13.6 Å². The normalized spacial score (nSPS) is 23.2. The van der Waals surface area contributed by atoms with E-state index in [1.54, 1.807) is 0 Å². The van der Waals surface area contributed by atoms with Gasteiger partial charge in [-0.2, -0.15) is 0 Å². The van der Waals surface area contributed by atoms with E-state index in [2.05, 4.69) is 37.1 Å². The second-order valence-electron chi connectivity index (χ2n) is 5.79. The Morgan fingerprint density at radius 1 is 1.26 bits per heavy atom. The number of rotatable bonds is 5. The van der Waals surface area contributed by atoms with Crippen molar-refractivity contribution in [3.63, 3.8) is 0 Å². The summed E-state index contributed by atoms with van der Waals surface area (Å²) in [5.41, 5.74) is 2.48. The minimum absolute atomic E-state index is 0.278. The average Bonchev–Trinajstić information content (AvgIpc) is 2.59. The molecular weight excluding hydrogens is 234 g/mol. The van der Waals surface area contributed by atoms with Gasteiger partial charge in [-0.25, -0.2) is 0 Å². The van der Waals surface area contributed by atoms with E-state index in [1.165, 1.54) is 31.2 Å². The zero-order valence-electron chi connectivity index (χ0n) is 12.3. The van der Waals surface area contributed by atoms with Crippen LogP contribution < -0.4 is 0 Å². The molecule has 0 spiro atoms. The first kappa shape index (κ1) is 14.5. The molecule has 2 nitrogen and oxygen atoms in total. The number of likely N-dealkylation sites (N-methyl/N-ethyl adjacent to an activating group) is 1. The molecule has 0 saturated carbocycles. The SMILES string of the molecule is CCCCCN(C)C1CCCc2ccccc2C1O. The van der Waals surface area contributed by atoms with E-state index in [0.717, 1.165) is 24.9 Å². The van der Waals surface area contributed by atoms with E-state index in [1.807, 2.05) is 6.07 Å². The van der Waals surface area contributed by atoms with E-state index in [4.69, 9.17) is 0 Å². The number of hydrogen-bond donors (Lipinski definition) is 1. The standard InChI is InChI=1S/C17H27NO/c1-3-4-7-13-18(2)16-12-8-10-14-9-5-6-11-15(14)17(16)19/h5-6,9,11,16-17,19H,3-4,7-8,10,12-13H2,1-2H3. The lowest BCUT2D eigenvalue weighted by Crippen LogP contribution is -2.37. The van der Waals surface area contributed by atoms with Crippen molar-refractivity contribution in [3.05, 3.63) is 35.4 Å². The summed E-state index contributed by atoms with van der Waals surface area (Å²) in [5, 5.41) is 10.7. The molecule has 0 amide bonds. The van der Waals surface area contributed by atoms with E-state index in [9.17, 15) is 5.11 Å². The molecule has 1 N–H and O–H groups in total. The number of aryl methyl sites for hydroxylation is 1. The van der Waals surface area contributed by atoms with Crippen molar-refractivity contribution < 1.29 is 5.11 Å². The van der Waals surface area contributed by atoms with Gasteiger partial charge in [-0.05, 0) is 50.4 Å². The first-order valence-corrected chi connectivity index (χ1v) is 7.70. The summed E-state index contributed by atoms with van der Waals surface area (Å²) in [6.07, 6.45) is 6.82. The van der Waals surface area contributed by atoms with Gasteiger partial charge in [0.1, 0.15) is 0 Å². The molecule has 0 bridgehead atoms. The molecule has 0 fully saturated rings. The van der Waals surface area contributed by atoms with E-state index in [-0.39, 0.29) is 12.1 Å². The van der Waals surface area contributed by atoms with Gasteiger partial charge in [0, 0.05) is 6.04 Å². The number of benzene rings is 1. The summed E-state index contributed by atoms with van der Waals surface area (Å²) in [5.74, 6) is 0. The molecule has 0 saturated heterocycles. The van der Waals surface area contributed by atoms with Crippen LogP contribution in [0, 0.1) is 0 Å². The third kappa shape index (κ3) is 3.58. The Kier molecular flexibility index (Phi) is 5.41. The molecule has 2 unspecified atom stereocenters. The van der Waals surface area contributed by atoms with Gasteiger partial charge in [0.2, 0.25) is 0 Å². The molecule has 0 aliphatic heterocycles. The van der Waals surface area contributed by atoms with E-state index in [0.29, 0.717) is 0 Å². The fourth-order valence-electron chi connectivity index (χ4n) is 3.16. The Labute approximate surface area is 117 Å². The highest BCUT2D eigenvalue weighted by molar-refractivity contribution is 5.31. The number of unbranched alkanes of at least 4 members (excludes halogenated alkanes) is 2. The summed E-state index contributed by atoms with van der Waals surface area (Å²) < 4.78 is 0. The first-order valence-electron chi connectivity index (χ1n) is 7.70. The quantitative estimate of drug-likeness (QED) is 0.647. The van der Waals surface area contributed by atoms with Crippen LogP contribution in [0.5, 0.6) is 0 Å². The van der Waals surface area contributed by atoms with Gasteiger partial charge in [0.25, 0.3) is 0 Å². The Morgan fingerprint density at radius 3 is 2.84 bits per heavy atom. The van der Waals surface area contributed by atoms with Crippen molar-refractivity contribution in [1.82, 2.24) is 4.90 Å². The van der Waals surface area contributed by atoms with Crippen molar-refractivity contribution in [1.29, 1.82) is 0 Å². The Hall–Kier alpha value is -0.860. The van der Waals surface area contributed by atoms with Crippen LogP contribution >= 0.6 is 0 Å². The second kappa shape index (κ2) is 7.06. The molecule has 2 rings (SSSR count). The Morgan fingerprint density at radius 2 is 2.05 bits per heavy atom. The summed E-state index contributed by atoms with van der Waals surface area (Å²) in [7, 11) is 2.16. The molecule has 1 aromatic carbocycles. The minimum atomic E-state index is -0.328. The highest BCUT2D eigenvalue weighted by Gasteiger charge is 2.28. The van der Waals surface area contributed by atoms with Gasteiger partial charge in [-0.3, -0.25) is 0 Å². The molecule has 106 valence electrons. The van der Waals surface area contributed by atoms with Gasteiger partial charge in [0.05, 0.1) is 6.10 Å². The van der Waals surface area contributed by atoms with Crippen molar-refractivity contribution in [2.45, 2.75) is 57.6 Å². The lowest BCUT2D eigenvalue weighted by atomic mass is 9.98. The number of nitrogens with zero attached hydrogens (tertiary/aromatic N) is 1. The van der Waals surface area contributed by atoms with Crippen LogP contribution in [0.15, 0.2) is 24.3 Å². The molecule has 1 aliphatic carbocycles. The van der Waals surface area contributed by atoms with Crippen LogP contribution in [0.3, 0.4) is 0 Å². The molecular formula is C17H27NO. The van der Waals surface area contributed by atoms with E-state index >= 15 is 0 Å². The summed E-state index contributed by atoms with van der Waals surface area (Å²) in [6, 6.07) is 8.66. The maximum atomic E-state index is 10.7. The van der Waals surface area contributed by atoms with Gasteiger partial charge in [-0.15, -0.1) is 0 Å². The van der Waals surface area contributed by atoms with Gasteiger partial charge in [-0.1, -0.05) is 44.0 Å². The largest absolute Gasteiger partial charge is 0.387 e. The fraction of sp³-hybridized carbons (Fsp3) is 0.647. The second-order valence-corrected chi connectivity index (χ2v) is 5.79. The van der Waals surface area contributed by atoms with Crippen molar-refractivity contribution >= 4 is 0 Å². The van der Waals surface area contributed by atoms with Crippen LogP contribution in [0.1, 0.15) is 56.3 Å². The third-order valence-electron chi connectivity index (χ3n) is 4.36. The summed E-state index contributed by atoms with van der Waals surface area (Å²) >= 11 is 0. The van der Waals surface area contributed by atoms with Gasteiger partial charge < -0.3 is 10.0 Å². The molecule has 2 heteroatoms. The molecule has 0 heterocycles. The van der Waals surface area contributed by atoms with Crippen LogP contribution in [0.25, 0.3) is 0 Å². The lowest BCUT2D eigenvalue weighted by Gasteiger charge is -2.31. The molecule has 0 radical (unpaired) electrons. The average molecular weight is 261 g/mol. The maximum Gasteiger partial charge on any atom is 0.0947 e. The first-order chi connectivity index (χ1) is 9.24. The maximum absolute atomic E-state index is 10.7. The molecule has 2 atom stereocenters. The van der Waals surface area contributed by atoms with Crippen LogP contribution in [0.2, 0.25) is 0 Å². The Balaban J connectivity index is 2.06. The van der Waals surface area contributed by atoms with E-state index < -0.39 is 0 Å². The molecule has 1 aliphatic rings. The molecule has 1 aromatic rings. The van der Waals surface area contributed by atoms with Crippen molar-refractivity contribution in [2.24, 2.45) is 0 Å². The molecule has 0 aromatic heterocycles. The number of hydrogen-bond acceptors (Lipinski definition) is 2. The monoisotopic (exact) mass is 261 g/mol. The highest BCUT2D eigenvalue weighted by Crippen LogP contribution is 2.31. The van der Waals surface area contributed by atoms with Gasteiger partial charge in [0.15, 0.2) is 0 Å². The number of aliphatic hydroxyl groups is 1. The fourth-order valence-corrected chi connectivity index (χ4v) is 3.16. The molecule has 19 heavy (non-hydrogen) atoms. The number of aliphatic hydroxyl groups excluding tert-OH is 1. The third-order valence-corrected chi connectivity index (χ3v) is 4.36. The number of fused-ring (bicyclic) bond motifs is 1. The van der Waals surface area contributed by atoms with Crippen molar-refractivity contribution in [3.8, 4) is 0 Å². The topological polar surface area (TPSA) is 23.5 Å². The van der Waals surface area contributed by atoms with Crippen LogP contribution in [0.4, 0.5) is 0 Å². The lowest BCUT2D eigenvalue weighted by molar-refractivity contribution is 0.0584. The summed E-state index contributed by atoms with van der Waals surface area (Å²) in [4.78, 5) is 2.36. The smallest absolute Gasteiger partial charge is 0.0947 e. The zero-order chi connectivity index (χ0) is 13.7. The minimum Gasteiger partial charge on any atom is -0.387 e. The highest BCUT2D eigenvalue weighted by atomic mass is 16.3. The predicted molar refractivity (Wildman–Crippen MR) is 80.3 cm³/mol. The van der Waals surface area contributed by atoms with Crippen LogP contribution in [-0.4, -0.2) is 29.6 Å². The predicted octanol–water partition coefficient (Wildman–Crippen LogP) is 3.55.